The lowest BCUT2D eigenvalue weighted by Gasteiger charge is -2.18. The zero-order valence-electron chi connectivity index (χ0n) is 45.3. The van der Waals surface area contributed by atoms with E-state index in [-0.39, 0.29) is 31.6 Å². The molecule has 0 heterocycles. The Kier molecular flexibility index (Phi) is 54.3. The van der Waals surface area contributed by atoms with Crippen molar-refractivity contribution in [2.24, 2.45) is 0 Å². The second-order valence-electron chi connectivity index (χ2n) is 19.2. The average Bonchev–Trinajstić information content (AvgIpc) is 3.35. The lowest BCUT2D eigenvalue weighted by Crippen LogP contribution is -2.30. The molecule has 0 aliphatic carbocycles. The van der Waals surface area contributed by atoms with E-state index in [0.717, 1.165) is 77.0 Å². The number of rotatable bonds is 52. The highest BCUT2D eigenvalue weighted by Gasteiger charge is 2.19. The molecule has 69 heavy (non-hydrogen) atoms. The highest BCUT2D eigenvalue weighted by Crippen LogP contribution is 2.16. The molecule has 0 amide bonds. The summed E-state index contributed by atoms with van der Waals surface area (Å²) in [5.74, 6) is -1.04. The van der Waals surface area contributed by atoms with Crippen LogP contribution in [0.1, 0.15) is 278 Å². The van der Waals surface area contributed by atoms with Gasteiger partial charge in [-0.1, -0.05) is 266 Å². The van der Waals surface area contributed by atoms with Gasteiger partial charge in [-0.2, -0.15) is 0 Å². The Morgan fingerprint density at radius 2 is 0.609 bits per heavy atom. The van der Waals surface area contributed by atoms with Crippen molar-refractivity contribution in [3.63, 3.8) is 0 Å². The molecule has 0 saturated carbocycles. The predicted octanol–water partition coefficient (Wildman–Crippen LogP) is 19.5. The van der Waals surface area contributed by atoms with Crippen LogP contribution >= 0.6 is 0 Å². The number of esters is 3. The average molecular weight is 962 g/mol. The Balaban J connectivity index is 4.32. The molecule has 6 heteroatoms. The zero-order chi connectivity index (χ0) is 50.0. The molecule has 0 spiro atoms. The van der Waals surface area contributed by atoms with Gasteiger partial charge in [-0.15, -0.1) is 0 Å². The first-order valence-electron chi connectivity index (χ1n) is 29.1. The van der Waals surface area contributed by atoms with Gasteiger partial charge < -0.3 is 14.2 Å². The molecule has 0 aliphatic rings. The Hall–Kier alpha value is -3.41. The van der Waals surface area contributed by atoms with Crippen LogP contribution in [0.5, 0.6) is 0 Å². The zero-order valence-corrected chi connectivity index (χ0v) is 45.3. The summed E-state index contributed by atoms with van der Waals surface area (Å²) >= 11 is 0. The number of ether oxygens (including phenoxy) is 3. The molecular weight excluding hydrogens is 853 g/mol. The van der Waals surface area contributed by atoms with Crippen LogP contribution in [-0.2, 0) is 28.6 Å². The fraction of sp³-hybridized carbons (Fsp3) is 0.730. The lowest BCUT2D eigenvalue weighted by molar-refractivity contribution is -0.166. The lowest BCUT2D eigenvalue weighted by atomic mass is 10.0. The van der Waals surface area contributed by atoms with Crippen LogP contribution in [0.4, 0.5) is 0 Å². The first kappa shape index (κ1) is 65.6. The van der Waals surface area contributed by atoms with Gasteiger partial charge >= 0.3 is 17.9 Å². The first-order chi connectivity index (χ1) is 34.0. The highest BCUT2D eigenvalue weighted by atomic mass is 16.6. The van der Waals surface area contributed by atoms with Gasteiger partial charge in [-0.25, -0.2) is 0 Å². The molecule has 0 N–H and O–H groups in total. The van der Waals surface area contributed by atoms with Crippen molar-refractivity contribution in [2.75, 3.05) is 13.2 Å². The summed E-state index contributed by atoms with van der Waals surface area (Å²) in [6, 6.07) is 0. The Bertz CT molecular complexity index is 1330. The number of hydrogen-bond acceptors (Lipinski definition) is 6. The maximum absolute atomic E-state index is 12.8. The third-order valence-electron chi connectivity index (χ3n) is 12.4. The molecule has 0 aliphatic heterocycles. The summed E-state index contributed by atoms with van der Waals surface area (Å²) in [5, 5.41) is 0. The molecule has 0 fully saturated rings. The van der Waals surface area contributed by atoms with Gasteiger partial charge in [0.2, 0.25) is 0 Å². The molecule has 396 valence electrons. The van der Waals surface area contributed by atoms with Gasteiger partial charge in [0, 0.05) is 12.8 Å². The molecule has 0 radical (unpaired) electrons. The van der Waals surface area contributed by atoms with E-state index in [1.807, 2.05) is 6.08 Å². The molecule has 1 unspecified atom stereocenters. The summed E-state index contributed by atoms with van der Waals surface area (Å²) < 4.78 is 16.7. The van der Waals surface area contributed by atoms with E-state index < -0.39 is 12.1 Å². The maximum atomic E-state index is 12.8. The summed E-state index contributed by atoms with van der Waals surface area (Å²) in [4.78, 5) is 38.0. The molecule has 0 bridgehead atoms. The van der Waals surface area contributed by atoms with Gasteiger partial charge in [0.15, 0.2) is 6.10 Å². The summed E-state index contributed by atoms with van der Waals surface area (Å²) in [5.41, 5.74) is 0. The Labute approximate surface area is 426 Å². The molecule has 0 saturated heterocycles. The normalized spacial score (nSPS) is 12.7. The minimum absolute atomic E-state index is 0.0982. The monoisotopic (exact) mass is 961 g/mol. The van der Waals surface area contributed by atoms with Crippen LogP contribution < -0.4 is 0 Å². The number of allylic oxidation sites excluding steroid dienone is 13. The van der Waals surface area contributed by atoms with E-state index >= 15 is 0 Å². The topological polar surface area (TPSA) is 78.9 Å². The van der Waals surface area contributed by atoms with E-state index in [1.54, 1.807) is 6.08 Å². The molecule has 1 atom stereocenters. The van der Waals surface area contributed by atoms with Crippen molar-refractivity contribution in [2.45, 2.75) is 284 Å². The van der Waals surface area contributed by atoms with Crippen LogP contribution in [-0.4, -0.2) is 37.2 Å². The van der Waals surface area contributed by atoms with Crippen molar-refractivity contribution in [1.29, 1.82) is 0 Å². The molecule has 0 aromatic carbocycles. The van der Waals surface area contributed by atoms with E-state index in [2.05, 4.69) is 93.7 Å². The molecule has 6 nitrogen and oxygen atoms in total. The molecule has 0 aromatic heterocycles. The summed E-state index contributed by atoms with van der Waals surface area (Å²) in [7, 11) is 0. The minimum atomic E-state index is -0.829. The van der Waals surface area contributed by atoms with Crippen molar-refractivity contribution in [1.82, 2.24) is 0 Å². The van der Waals surface area contributed by atoms with Crippen molar-refractivity contribution < 1.29 is 28.6 Å². The fourth-order valence-electron chi connectivity index (χ4n) is 8.08. The van der Waals surface area contributed by atoms with Gasteiger partial charge in [-0.05, 0) is 77.0 Å². The Morgan fingerprint density at radius 3 is 0.957 bits per heavy atom. The smallest absolute Gasteiger partial charge is 0.310 e. The van der Waals surface area contributed by atoms with Gasteiger partial charge in [0.1, 0.15) is 13.2 Å². The van der Waals surface area contributed by atoms with Crippen LogP contribution in [0.2, 0.25) is 0 Å². The second-order valence-corrected chi connectivity index (χ2v) is 19.2. The van der Waals surface area contributed by atoms with Crippen LogP contribution in [0.25, 0.3) is 0 Å². The van der Waals surface area contributed by atoms with Crippen LogP contribution in [0.15, 0.2) is 85.1 Å². The van der Waals surface area contributed by atoms with Gasteiger partial charge in [-0.3, -0.25) is 14.4 Å². The van der Waals surface area contributed by atoms with Crippen LogP contribution in [0.3, 0.4) is 0 Å². The Morgan fingerprint density at radius 1 is 0.319 bits per heavy atom. The fourth-order valence-corrected chi connectivity index (χ4v) is 8.08. The summed E-state index contributed by atoms with van der Waals surface area (Å²) in [6.07, 6.45) is 74.7. The van der Waals surface area contributed by atoms with Gasteiger partial charge in [0.05, 0.1) is 6.42 Å². The molecule has 0 aromatic rings. The van der Waals surface area contributed by atoms with E-state index in [4.69, 9.17) is 14.2 Å². The van der Waals surface area contributed by atoms with E-state index in [1.165, 1.54) is 161 Å². The SMILES string of the molecule is CC/C=C\C/C=C\C/C=C\C/C=C\C/C=C\CC(=O)OC(COC(=O)CCCCCCCCCCCCC)COC(=O)CCCCCCCCCCCCCCC/C=C\C/C=C\CCCCCCC. The van der Waals surface area contributed by atoms with Crippen molar-refractivity contribution in [3.8, 4) is 0 Å². The number of hydrogen-bond donors (Lipinski definition) is 0. The van der Waals surface area contributed by atoms with E-state index in [9.17, 15) is 14.4 Å². The third kappa shape index (κ3) is 55.4. The molecule has 0 rings (SSSR count). The maximum Gasteiger partial charge on any atom is 0.310 e. The summed E-state index contributed by atoms with van der Waals surface area (Å²) in [6.45, 7) is 6.44. The second kappa shape index (κ2) is 57.2. The van der Waals surface area contributed by atoms with E-state index in [0.29, 0.717) is 12.8 Å². The molecular formula is C63H108O6. The predicted molar refractivity (Wildman–Crippen MR) is 297 cm³/mol. The first-order valence-corrected chi connectivity index (χ1v) is 29.1. The van der Waals surface area contributed by atoms with Crippen molar-refractivity contribution in [3.05, 3.63) is 85.1 Å². The third-order valence-corrected chi connectivity index (χ3v) is 12.4. The largest absolute Gasteiger partial charge is 0.462 e. The minimum Gasteiger partial charge on any atom is -0.462 e. The van der Waals surface area contributed by atoms with Gasteiger partial charge in [0.25, 0.3) is 0 Å². The van der Waals surface area contributed by atoms with Crippen LogP contribution in [0, 0.1) is 0 Å². The quantitative estimate of drug-likeness (QED) is 0.0262. The van der Waals surface area contributed by atoms with Crippen molar-refractivity contribution >= 4 is 17.9 Å². The number of carbonyl (C=O) groups is 3. The highest BCUT2D eigenvalue weighted by molar-refractivity contribution is 5.72. The standard InChI is InChI=1S/C63H108O6/c1-4-7-10-13-16-19-22-24-26-27-28-29-30-31-32-33-34-35-37-38-41-44-47-50-53-56-62(65)68-59-60(58-67-61(64)55-52-49-46-43-40-21-18-15-12-9-6-3)69-63(66)57-54-51-48-45-42-39-36-25-23-20-17-14-11-8-5-2/h8,11,17,20,22,24-25,27-28,36,42,45,51,54,60H,4-7,9-10,12-16,18-19,21,23,26,29-35,37-41,43-44,46-50,52-53,55-59H2,1-3H3/b11-8-,20-17-,24-22-,28-27-,36-25-,45-42-,54-51-. The number of carbonyl (C=O) groups excluding carboxylic acids is 3. The number of unbranched alkanes of at least 4 members (excludes halogenated alkanes) is 28.